The first kappa shape index (κ1) is 12.7. The Kier molecular flexibility index (Phi) is 5.96. The largest absolute Gasteiger partial charge is 0.381 e. The fourth-order valence-corrected chi connectivity index (χ4v) is 1.85. The maximum atomic E-state index is 5.37. The predicted octanol–water partition coefficient (Wildman–Crippen LogP) is 2.75. The first-order valence-electron chi connectivity index (χ1n) is 6.23. The van der Waals surface area contributed by atoms with Gasteiger partial charge in [0.05, 0.1) is 0 Å². The van der Waals surface area contributed by atoms with Crippen LogP contribution in [0.2, 0.25) is 0 Å². The van der Waals surface area contributed by atoms with E-state index in [1.807, 2.05) is 0 Å². The molecule has 1 heterocycles. The van der Waals surface area contributed by atoms with Gasteiger partial charge in [0.2, 0.25) is 0 Å². The lowest BCUT2D eigenvalue weighted by Gasteiger charge is -2.20. The highest BCUT2D eigenvalue weighted by atomic mass is 16.5. The van der Waals surface area contributed by atoms with Gasteiger partial charge in [0.15, 0.2) is 0 Å². The molecule has 1 aliphatic heterocycles. The minimum atomic E-state index is 0.578. The summed E-state index contributed by atoms with van der Waals surface area (Å²) in [6.45, 7) is 9.56. The summed E-state index contributed by atoms with van der Waals surface area (Å²) in [7, 11) is 0. The van der Waals surface area contributed by atoms with Crippen molar-refractivity contribution >= 4 is 0 Å². The molecule has 0 atom stereocenters. The third-order valence-electron chi connectivity index (χ3n) is 2.93. The van der Waals surface area contributed by atoms with Gasteiger partial charge in [0, 0.05) is 25.8 Å². The lowest BCUT2D eigenvalue weighted by molar-refractivity contribution is 0.0783. The Hall–Kier alpha value is -0.340. The van der Waals surface area contributed by atoms with Gasteiger partial charge in [-0.3, -0.25) is 0 Å². The summed E-state index contributed by atoms with van der Waals surface area (Å²) in [6.07, 6.45) is 6.03. The van der Waals surface area contributed by atoms with Crippen LogP contribution in [0, 0.1) is 5.92 Å². The van der Waals surface area contributed by atoms with Crippen molar-refractivity contribution in [3.63, 3.8) is 0 Å². The van der Waals surface area contributed by atoms with E-state index in [4.69, 9.17) is 4.74 Å². The number of allylic oxidation sites excluding steroid dienone is 1. The SMILES string of the molecule is CCC(=CC1CCOCC1)CNC(C)C. The zero-order valence-electron chi connectivity index (χ0n) is 10.4. The van der Waals surface area contributed by atoms with Crippen LogP contribution >= 0.6 is 0 Å². The van der Waals surface area contributed by atoms with E-state index in [0.717, 1.165) is 32.1 Å². The third-order valence-corrected chi connectivity index (χ3v) is 2.93. The van der Waals surface area contributed by atoms with Gasteiger partial charge in [0.1, 0.15) is 0 Å². The highest BCUT2D eigenvalue weighted by Gasteiger charge is 2.11. The molecule has 1 fully saturated rings. The molecule has 1 saturated heterocycles. The fourth-order valence-electron chi connectivity index (χ4n) is 1.85. The Morgan fingerprint density at radius 2 is 2.07 bits per heavy atom. The summed E-state index contributed by atoms with van der Waals surface area (Å²) in [6, 6.07) is 0.578. The molecule has 0 bridgehead atoms. The number of rotatable bonds is 5. The molecule has 0 aromatic heterocycles. The second-order valence-electron chi connectivity index (χ2n) is 4.66. The summed E-state index contributed by atoms with van der Waals surface area (Å²) in [5.41, 5.74) is 1.55. The Balaban J connectivity index is 2.37. The summed E-state index contributed by atoms with van der Waals surface area (Å²) in [4.78, 5) is 0. The molecule has 2 heteroatoms. The van der Waals surface area contributed by atoms with Gasteiger partial charge in [-0.15, -0.1) is 0 Å². The van der Waals surface area contributed by atoms with Crippen molar-refractivity contribution in [3.8, 4) is 0 Å². The lowest BCUT2D eigenvalue weighted by atomic mass is 9.96. The van der Waals surface area contributed by atoms with Gasteiger partial charge in [-0.1, -0.05) is 32.4 Å². The van der Waals surface area contributed by atoms with Gasteiger partial charge in [-0.2, -0.15) is 0 Å². The molecular weight excluding hydrogens is 186 g/mol. The molecular formula is C13H25NO. The Morgan fingerprint density at radius 1 is 1.40 bits per heavy atom. The molecule has 2 nitrogen and oxygen atoms in total. The second-order valence-corrected chi connectivity index (χ2v) is 4.66. The van der Waals surface area contributed by atoms with Gasteiger partial charge in [-0.25, -0.2) is 0 Å². The average Bonchev–Trinajstić information content (AvgIpc) is 2.25. The number of hydrogen-bond acceptors (Lipinski definition) is 2. The van der Waals surface area contributed by atoms with Crippen molar-refractivity contribution < 1.29 is 4.74 Å². The minimum Gasteiger partial charge on any atom is -0.381 e. The summed E-state index contributed by atoms with van der Waals surface area (Å²) >= 11 is 0. The van der Waals surface area contributed by atoms with E-state index in [9.17, 15) is 0 Å². The van der Waals surface area contributed by atoms with Crippen molar-refractivity contribution in [2.75, 3.05) is 19.8 Å². The van der Waals surface area contributed by atoms with Gasteiger partial charge in [0.25, 0.3) is 0 Å². The maximum absolute atomic E-state index is 5.37. The molecule has 1 N–H and O–H groups in total. The van der Waals surface area contributed by atoms with Crippen LogP contribution in [0.15, 0.2) is 11.6 Å². The summed E-state index contributed by atoms with van der Waals surface area (Å²) < 4.78 is 5.37. The van der Waals surface area contributed by atoms with Gasteiger partial charge >= 0.3 is 0 Å². The van der Waals surface area contributed by atoms with Crippen LogP contribution in [0.5, 0.6) is 0 Å². The molecule has 0 amide bonds. The quantitative estimate of drug-likeness (QED) is 0.706. The van der Waals surface area contributed by atoms with Crippen LogP contribution in [0.1, 0.15) is 40.0 Å². The monoisotopic (exact) mass is 211 g/mol. The molecule has 0 spiro atoms. The van der Waals surface area contributed by atoms with E-state index < -0.39 is 0 Å². The van der Waals surface area contributed by atoms with E-state index >= 15 is 0 Å². The average molecular weight is 211 g/mol. The van der Waals surface area contributed by atoms with Crippen LogP contribution in [-0.4, -0.2) is 25.8 Å². The predicted molar refractivity (Wildman–Crippen MR) is 65.1 cm³/mol. The molecule has 0 aromatic rings. The number of ether oxygens (including phenoxy) is 1. The van der Waals surface area contributed by atoms with E-state index in [0.29, 0.717) is 6.04 Å². The van der Waals surface area contributed by atoms with Crippen molar-refractivity contribution in [1.82, 2.24) is 5.32 Å². The third kappa shape index (κ3) is 5.33. The molecule has 1 aliphatic rings. The molecule has 0 aliphatic carbocycles. The lowest BCUT2D eigenvalue weighted by Crippen LogP contribution is -2.25. The summed E-state index contributed by atoms with van der Waals surface area (Å²) in [5, 5.41) is 3.49. The minimum absolute atomic E-state index is 0.578. The van der Waals surface area contributed by atoms with Crippen LogP contribution < -0.4 is 5.32 Å². The normalized spacial score (nSPS) is 19.9. The van der Waals surface area contributed by atoms with Crippen LogP contribution in [0.3, 0.4) is 0 Å². The molecule has 15 heavy (non-hydrogen) atoms. The molecule has 88 valence electrons. The topological polar surface area (TPSA) is 21.3 Å². The standard InChI is InChI=1S/C13H25NO/c1-4-12(10-14-11(2)3)9-13-5-7-15-8-6-13/h9,11,13-14H,4-8,10H2,1-3H3. The second kappa shape index (κ2) is 7.02. The first-order chi connectivity index (χ1) is 7.22. The van der Waals surface area contributed by atoms with E-state index in [2.05, 4.69) is 32.2 Å². The zero-order valence-corrected chi connectivity index (χ0v) is 10.4. The van der Waals surface area contributed by atoms with Crippen LogP contribution in [0.4, 0.5) is 0 Å². The van der Waals surface area contributed by atoms with E-state index in [1.54, 1.807) is 5.57 Å². The van der Waals surface area contributed by atoms with Crippen LogP contribution in [0.25, 0.3) is 0 Å². The van der Waals surface area contributed by atoms with Gasteiger partial charge in [-0.05, 0) is 25.2 Å². The molecule has 0 radical (unpaired) electrons. The highest BCUT2D eigenvalue weighted by molar-refractivity contribution is 5.06. The van der Waals surface area contributed by atoms with Crippen molar-refractivity contribution in [2.24, 2.45) is 5.92 Å². The fraction of sp³-hybridized carbons (Fsp3) is 0.846. The van der Waals surface area contributed by atoms with Gasteiger partial charge < -0.3 is 10.1 Å². The molecule has 0 aromatic carbocycles. The van der Waals surface area contributed by atoms with Crippen molar-refractivity contribution in [1.29, 1.82) is 0 Å². The molecule has 0 unspecified atom stereocenters. The Labute approximate surface area is 94.1 Å². The van der Waals surface area contributed by atoms with Crippen molar-refractivity contribution in [3.05, 3.63) is 11.6 Å². The Bertz CT molecular complexity index is 193. The summed E-state index contributed by atoms with van der Waals surface area (Å²) in [5.74, 6) is 0.752. The maximum Gasteiger partial charge on any atom is 0.0471 e. The highest BCUT2D eigenvalue weighted by Crippen LogP contribution is 2.18. The van der Waals surface area contributed by atoms with E-state index in [1.165, 1.54) is 12.8 Å². The molecule has 1 rings (SSSR count). The zero-order chi connectivity index (χ0) is 11.1. The first-order valence-corrected chi connectivity index (χ1v) is 6.23. The number of nitrogens with one attached hydrogen (secondary N) is 1. The number of hydrogen-bond donors (Lipinski definition) is 1. The van der Waals surface area contributed by atoms with Crippen molar-refractivity contribution in [2.45, 2.75) is 46.1 Å². The Morgan fingerprint density at radius 3 is 2.60 bits per heavy atom. The van der Waals surface area contributed by atoms with Crippen LogP contribution in [-0.2, 0) is 4.74 Å². The van der Waals surface area contributed by atoms with E-state index in [-0.39, 0.29) is 0 Å². The smallest absolute Gasteiger partial charge is 0.0471 e. The molecule has 0 saturated carbocycles.